The third-order valence-electron chi connectivity index (χ3n) is 3.52. The van der Waals surface area contributed by atoms with Crippen molar-refractivity contribution in [3.8, 4) is 0 Å². The van der Waals surface area contributed by atoms with Crippen LogP contribution in [-0.2, 0) is 0 Å². The Morgan fingerprint density at radius 1 is 0.952 bits per heavy atom. The molecule has 2 amide bonds. The summed E-state index contributed by atoms with van der Waals surface area (Å²) in [6.45, 7) is 2.51. The molecule has 1 aliphatic heterocycles. The van der Waals surface area contributed by atoms with Crippen LogP contribution < -0.4 is 0 Å². The molecular weight excluding hydrogens is 262 g/mol. The summed E-state index contributed by atoms with van der Waals surface area (Å²) in [5.41, 5.74) is 1.01. The molecule has 1 aromatic carbocycles. The maximum absolute atomic E-state index is 12.1. The minimum atomic E-state index is -0.202. The fraction of sp³-hybridized carbons (Fsp3) is 0.333. The van der Waals surface area contributed by atoms with Crippen molar-refractivity contribution in [2.24, 2.45) is 0 Å². The van der Waals surface area contributed by atoms with Crippen LogP contribution in [0.2, 0.25) is 0 Å². The smallest absolute Gasteiger partial charge is 0.261 e. The highest BCUT2D eigenvalue weighted by atomic mass is 16.2. The normalized spacial score (nSPS) is 14.6. The summed E-state index contributed by atoms with van der Waals surface area (Å²) >= 11 is 0. The number of nitrogens with zero attached hydrogens (tertiary/aromatic N) is 1. The van der Waals surface area contributed by atoms with E-state index in [4.69, 9.17) is 0 Å². The highest BCUT2D eigenvalue weighted by Gasteiger charge is 2.33. The van der Waals surface area contributed by atoms with Crippen LogP contribution in [0.15, 0.2) is 48.6 Å². The average Bonchev–Trinajstić information content (AvgIpc) is 2.75. The molecule has 0 fully saturated rings. The van der Waals surface area contributed by atoms with Gasteiger partial charge in [-0.15, -0.1) is 0 Å². The van der Waals surface area contributed by atoms with Gasteiger partial charge in [0.1, 0.15) is 0 Å². The van der Waals surface area contributed by atoms with Crippen LogP contribution in [0.4, 0.5) is 0 Å². The second-order valence-electron chi connectivity index (χ2n) is 5.12. The highest BCUT2D eigenvalue weighted by molar-refractivity contribution is 6.21. The molecule has 110 valence electrons. The molecule has 0 radical (unpaired) electrons. The van der Waals surface area contributed by atoms with Crippen LogP contribution in [0.5, 0.6) is 0 Å². The van der Waals surface area contributed by atoms with E-state index in [9.17, 15) is 9.59 Å². The Morgan fingerprint density at radius 2 is 1.57 bits per heavy atom. The van der Waals surface area contributed by atoms with E-state index in [-0.39, 0.29) is 11.8 Å². The summed E-state index contributed by atoms with van der Waals surface area (Å²) < 4.78 is 0. The zero-order chi connectivity index (χ0) is 15.1. The average molecular weight is 283 g/mol. The number of amides is 2. The number of imide groups is 1. The van der Waals surface area contributed by atoms with Gasteiger partial charge in [-0.3, -0.25) is 14.5 Å². The van der Waals surface area contributed by atoms with Gasteiger partial charge in [0.25, 0.3) is 11.8 Å². The molecule has 21 heavy (non-hydrogen) atoms. The van der Waals surface area contributed by atoms with E-state index in [1.165, 1.54) is 24.2 Å². The Hall–Kier alpha value is -2.16. The van der Waals surface area contributed by atoms with Crippen molar-refractivity contribution < 1.29 is 9.59 Å². The van der Waals surface area contributed by atoms with Crippen LogP contribution in [-0.4, -0.2) is 23.3 Å². The second kappa shape index (κ2) is 7.58. The highest BCUT2D eigenvalue weighted by Crippen LogP contribution is 2.21. The van der Waals surface area contributed by atoms with Crippen molar-refractivity contribution in [3.05, 3.63) is 59.7 Å². The number of carbonyl (C=O) groups excluding carboxylic acids is 2. The van der Waals surface area contributed by atoms with E-state index in [1.807, 2.05) is 18.2 Å². The lowest BCUT2D eigenvalue weighted by atomic mass is 10.1. The predicted octanol–water partition coefficient (Wildman–Crippen LogP) is 3.98. The maximum atomic E-state index is 12.1. The lowest BCUT2D eigenvalue weighted by Crippen LogP contribution is -2.29. The quantitative estimate of drug-likeness (QED) is 0.431. The Bertz CT molecular complexity index is 537. The zero-order valence-electron chi connectivity index (χ0n) is 12.4. The SMILES string of the molecule is CCCCC/C=C/C=C\CN1C(=O)c2ccccc2C1=O. The van der Waals surface area contributed by atoms with E-state index in [0.717, 1.165) is 6.42 Å². The third kappa shape index (κ3) is 3.69. The number of fused-ring (bicyclic) bond motifs is 1. The van der Waals surface area contributed by atoms with Crippen molar-refractivity contribution in [2.75, 3.05) is 6.54 Å². The Morgan fingerprint density at radius 3 is 2.19 bits per heavy atom. The molecule has 1 aromatic rings. The van der Waals surface area contributed by atoms with Crippen molar-refractivity contribution >= 4 is 11.8 Å². The van der Waals surface area contributed by atoms with Gasteiger partial charge in [0.2, 0.25) is 0 Å². The van der Waals surface area contributed by atoms with E-state index in [2.05, 4.69) is 13.0 Å². The predicted molar refractivity (Wildman–Crippen MR) is 84.2 cm³/mol. The number of hydrogen-bond donors (Lipinski definition) is 0. The van der Waals surface area contributed by atoms with Gasteiger partial charge in [-0.05, 0) is 25.0 Å². The summed E-state index contributed by atoms with van der Waals surface area (Å²) in [4.78, 5) is 25.5. The molecule has 3 heteroatoms. The second-order valence-corrected chi connectivity index (χ2v) is 5.12. The lowest BCUT2D eigenvalue weighted by molar-refractivity contribution is 0.0672. The lowest BCUT2D eigenvalue weighted by Gasteiger charge is -2.09. The van der Waals surface area contributed by atoms with Gasteiger partial charge in [0.15, 0.2) is 0 Å². The zero-order valence-corrected chi connectivity index (χ0v) is 12.4. The van der Waals surface area contributed by atoms with Crippen molar-refractivity contribution in [1.82, 2.24) is 4.90 Å². The van der Waals surface area contributed by atoms with Crippen LogP contribution in [0.3, 0.4) is 0 Å². The van der Waals surface area contributed by atoms with Gasteiger partial charge in [-0.1, -0.05) is 56.2 Å². The largest absolute Gasteiger partial charge is 0.270 e. The van der Waals surface area contributed by atoms with Crippen molar-refractivity contribution in [2.45, 2.75) is 32.6 Å². The molecule has 0 aromatic heterocycles. The van der Waals surface area contributed by atoms with Gasteiger partial charge in [-0.2, -0.15) is 0 Å². The molecule has 0 spiro atoms. The minimum Gasteiger partial charge on any atom is -0.270 e. The molecule has 1 heterocycles. The fourth-order valence-electron chi connectivity index (χ4n) is 2.34. The van der Waals surface area contributed by atoms with Crippen LogP contribution >= 0.6 is 0 Å². The minimum absolute atomic E-state index is 0.202. The van der Waals surface area contributed by atoms with Gasteiger partial charge < -0.3 is 0 Å². The molecule has 0 bridgehead atoms. The first-order chi connectivity index (χ1) is 10.3. The van der Waals surface area contributed by atoms with Crippen LogP contribution in [0.25, 0.3) is 0 Å². The van der Waals surface area contributed by atoms with Crippen LogP contribution in [0.1, 0.15) is 53.3 Å². The molecule has 0 N–H and O–H groups in total. The number of unbranched alkanes of at least 4 members (excludes halogenated alkanes) is 3. The van der Waals surface area contributed by atoms with E-state index >= 15 is 0 Å². The number of rotatable bonds is 7. The Kier molecular flexibility index (Phi) is 5.50. The summed E-state index contributed by atoms with van der Waals surface area (Å²) in [6.07, 6.45) is 12.6. The molecule has 0 aliphatic carbocycles. The first-order valence-corrected chi connectivity index (χ1v) is 7.52. The molecular formula is C18H21NO2. The third-order valence-corrected chi connectivity index (χ3v) is 3.52. The fourth-order valence-corrected chi connectivity index (χ4v) is 2.34. The van der Waals surface area contributed by atoms with Gasteiger partial charge in [0, 0.05) is 6.54 Å². The molecule has 0 atom stereocenters. The molecule has 0 saturated carbocycles. The maximum Gasteiger partial charge on any atom is 0.261 e. The molecule has 3 nitrogen and oxygen atoms in total. The Labute approximate surface area is 126 Å². The first-order valence-electron chi connectivity index (χ1n) is 7.52. The molecule has 1 aliphatic rings. The molecule has 0 unspecified atom stereocenters. The summed E-state index contributed by atoms with van der Waals surface area (Å²) in [7, 11) is 0. The van der Waals surface area contributed by atoms with Gasteiger partial charge >= 0.3 is 0 Å². The van der Waals surface area contributed by atoms with E-state index in [0.29, 0.717) is 17.7 Å². The summed E-state index contributed by atoms with van der Waals surface area (Å²) in [6, 6.07) is 6.96. The van der Waals surface area contributed by atoms with Crippen molar-refractivity contribution in [3.63, 3.8) is 0 Å². The van der Waals surface area contributed by atoms with E-state index < -0.39 is 0 Å². The van der Waals surface area contributed by atoms with E-state index in [1.54, 1.807) is 24.3 Å². The number of allylic oxidation sites excluding steroid dienone is 3. The number of hydrogen-bond acceptors (Lipinski definition) is 2. The van der Waals surface area contributed by atoms with Crippen molar-refractivity contribution in [1.29, 1.82) is 0 Å². The monoisotopic (exact) mass is 283 g/mol. The van der Waals surface area contributed by atoms with Gasteiger partial charge in [-0.25, -0.2) is 0 Å². The topological polar surface area (TPSA) is 37.4 Å². The van der Waals surface area contributed by atoms with Gasteiger partial charge in [0.05, 0.1) is 11.1 Å². The summed E-state index contributed by atoms with van der Waals surface area (Å²) in [5.74, 6) is -0.403. The number of carbonyl (C=O) groups is 2. The number of benzene rings is 1. The summed E-state index contributed by atoms with van der Waals surface area (Å²) in [5, 5.41) is 0. The molecule has 0 saturated heterocycles. The standard InChI is InChI=1S/C18H21NO2/c1-2-3-4-5-6-7-8-11-14-19-17(20)15-12-9-10-13-16(15)18(19)21/h6-13H,2-5,14H2,1H3/b7-6+,11-8-. The van der Waals surface area contributed by atoms with Crippen LogP contribution in [0, 0.1) is 0 Å². The molecule has 2 rings (SSSR count). The Balaban J connectivity index is 1.85. The first kappa shape index (κ1) is 15.2.